The van der Waals surface area contributed by atoms with Crippen molar-refractivity contribution in [2.45, 2.75) is 38.4 Å². The summed E-state index contributed by atoms with van der Waals surface area (Å²) in [6.07, 6.45) is 4.16. The van der Waals surface area contributed by atoms with E-state index >= 15 is 0 Å². The number of aryl methyl sites for hydroxylation is 1. The van der Waals surface area contributed by atoms with E-state index in [4.69, 9.17) is 21.3 Å². The van der Waals surface area contributed by atoms with Gasteiger partial charge in [-0.3, -0.25) is 9.69 Å². The van der Waals surface area contributed by atoms with E-state index in [2.05, 4.69) is 20.5 Å². The first-order valence-corrected chi connectivity index (χ1v) is 12.7. The van der Waals surface area contributed by atoms with Crippen molar-refractivity contribution in [3.63, 3.8) is 0 Å². The number of piperazine rings is 1. The van der Waals surface area contributed by atoms with Crippen molar-refractivity contribution in [3.8, 4) is 17.1 Å². The van der Waals surface area contributed by atoms with Crippen LogP contribution in [-0.4, -0.2) is 62.4 Å². The molecule has 0 spiro atoms. The number of amides is 1. The molecule has 7 nitrogen and oxygen atoms in total. The van der Waals surface area contributed by atoms with E-state index in [0.29, 0.717) is 23.1 Å². The summed E-state index contributed by atoms with van der Waals surface area (Å²) >= 11 is 6.15. The Kier molecular flexibility index (Phi) is 5.90. The first-order chi connectivity index (χ1) is 17.5. The molecule has 36 heavy (non-hydrogen) atoms. The molecule has 2 atom stereocenters. The van der Waals surface area contributed by atoms with Crippen molar-refractivity contribution < 1.29 is 9.53 Å². The fraction of sp³-hybridized carbons (Fsp3) is 0.321. The summed E-state index contributed by atoms with van der Waals surface area (Å²) in [6.45, 7) is 4.23. The largest absolute Gasteiger partial charge is 0.481 e. The third kappa shape index (κ3) is 4.02. The molecule has 0 N–H and O–H groups in total. The SMILES string of the molecule is COc1ccc(C)c(C(=O)N2CC3CCC2CN3Cc2c(-c3ccc(Cl)cc3)nc3ccccn23)n1. The smallest absolute Gasteiger partial charge is 0.273 e. The third-order valence-electron chi connectivity index (χ3n) is 7.49. The van der Waals surface area contributed by atoms with Crippen LogP contribution in [0.5, 0.6) is 5.88 Å². The van der Waals surface area contributed by atoms with Crippen molar-refractivity contribution in [2.75, 3.05) is 20.2 Å². The number of halogens is 1. The summed E-state index contributed by atoms with van der Waals surface area (Å²) in [5.41, 5.74) is 5.47. The molecule has 2 bridgehead atoms. The van der Waals surface area contributed by atoms with Gasteiger partial charge in [-0.2, -0.15) is 0 Å². The number of carbonyl (C=O) groups excluding carboxylic acids is 1. The Hall–Kier alpha value is -3.42. The third-order valence-corrected chi connectivity index (χ3v) is 7.74. The van der Waals surface area contributed by atoms with Gasteiger partial charge in [-0.05, 0) is 49.6 Å². The maximum Gasteiger partial charge on any atom is 0.273 e. The van der Waals surface area contributed by atoms with Crippen LogP contribution in [0.2, 0.25) is 5.02 Å². The highest BCUT2D eigenvalue weighted by atomic mass is 35.5. The predicted octanol–water partition coefficient (Wildman–Crippen LogP) is 4.86. The standard InChI is InChI=1S/C28H28ClN5O2/c1-18-6-13-25(36-2)31-26(18)28(35)34-16-21-11-12-22(34)15-32(21)17-23-27(19-7-9-20(29)10-8-19)30-24-5-3-4-14-33(23)24/h3-10,13-14,21-22H,11-12,15-17H2,1-2H3. The van der Waals surface area contributed by atoms with Gasteiger partial charge in [0.15, 0.2) is 0 Å². The van der Waals surface area contributed by atoms with Gasteiger partial charge in [-0.1, -0.05) is 35.9 Å². The van der Waals surface area contributed by atoms with Crippen molar-refractivity contribution in [2.24, 2.45) is 0 Å². The Balaban J connectivity index is 1.28. The van der Waals surface area contributed by atoms with E-state index in [9.17, 15) is 4.79 Å². The van der Waals surface area contributed by atoms with Gasteiger partial charge in [-0.25, -0.2) is 9.97 Å². The number of hydrogen-bond acceptors (Lipinski definition) is 5. The fourth-order valence-electron chi connectivity index (χ4n) is 5.56. The molecule has 4 aromatic rings. The van der Waals surface area contributed by atoms with E-state index in [1.807, 2.05) is 60.4 Å². The Morgan fingerprint density at radius 2 is 1.83 bits per heavy atom. The number of ether oxygens (including phenoxy) is 1. The number of nitrogens with zero attached hydrogens (tertiary/aromatic N) is 5. The molecule has 3 saturated heterocycles. The second kappa shape index (κ2) is 9.22. The maximum absolute atomic E-state index is 13.5. The normalized spacial score (nSPS) is 19.7. The van der Waals surface area contributed by atoms with Gasteiger partial charge in [-0.15, -0.1) is 0 Å². The van der Waals surface area contributed by atoms with Gasteiger partial charge < -0.3 is 14.0 Å². The lowest BCUT2D eigenvalue weighted by Crippen LogP contribution is -2.63. The molecule has 3 aliphatic rings. The number of methoxy groups -OCH3 is 1. The van der Waals surface area contributed by atoms with Gasteiger partial charge in [0.1, 0.15) is 11.3 Å². The predicted molar refractivity (Wildman–Crippen MR) is 139 cm³/mol. The van der Waals surface area contributed by atoms with Crippen LogP contribution >= 0.6 is 11.6 Å². The summed E-state index contributed by atoms with van der Waals surface area (Å²) in [5.74, 6) is 0.465. The monoisotopic (exact) mass is 501 g/mol. The van der Waals surface area contributed by atoms with Crippen molar-refractivity contribution >= 4 is 23.2 Å². The molecule has 2 unspecified atom stereocenters. The molecular weight excluding hydrogens is 474 g/mol. The maximum atomic E-state index is 13.5. The van der Waals surface area contributed by atoms with E-state index in [-0.39, 0.29) is 18.0 Å². The van der Waals surface area contributed by atoms with Crippen LogP contribution in [0, 0.1) is 6.92 Å². The van der Waals surface area contributed by atoms with Crippen LogP contribution < -0.4 is 4.74 Å². The summed E-state index contributed by atoms with van der Waals surface area (Å²) in [6, 6.07) is 18.1. The lowest BCUT2D eigenvalue weighted by Gasteiger charge is -2.51. The zero-order valence-electron chi connectivity index (χ0n) is 20.4. The number of fused-ring (bicyclic) bond motifs is 4. The van der Waals surface area contributed by atoms with Crippen LogP contribution in [0.3, 0.4) is 0 Å². The molecule has 8 heteroatoms. The van der Waals surface area contributed by atoms with Crippen LogP contribution in [-0.2, 0) is 6.54 Å². The summed E-state index contributed by atoms with van der Waals surface area (Å²) < 4.78 is 7.45. The van der Waals surface area contributed by atoms with Crippen LogP contribution in [0.4, 0.5) is 0 Å². The Morgan fingerprint density at radius 3 is 2.58 bits per heavy atom. The van der Waals surface area contributed by atoms with Crippen LogP contribution in [0.15, 0.2) is 60.8 Å². The molecule has 6 heterocycles. The molecule has 7 rings (SSSR count). The minimum absolute atomic E-state index is 0.00240. The molecule has 3 aromatic heterocycles. The highest BCUT2D eigenvalue weighted by Gasteiger charge is 2.42. The second-order valence-corrected chi connectivity index (χ2v) is 10.1. The van der Waals surface area contributed by atoms with Crippen molar-refractivity contribution in [1.82, 2.24) is 24.2 Å². The minimum atomic E-state index is -0.00240. The quantitative estimate of drug-likeness (QED) is 0.391. The topological polar surface area (TPSA) is 63.0 Å². The highest BCUT2D eigenvalue weighted by molar-refractivity contribution is 6.30. The van der Waals surface area contributed by atoms with Gasteiger partial charge >= 0.3 is 0 Å². The summed E-state index contributed by atoms with van der Waals surface area (Å²) in [5, 5.41) is 0.711. The van der Waals surface area contributed by atoms with Crippen molar-refractivity contribution in [1.29, 1.82) is 0 Å². The summed E-state index contributed by atoms with van der Waals surface area (Å²) in [7, 11) is 1.57. The average Bonchev–Trinajstić information content (AvgIpc) is 3.27. The first-order valence-electron chi connectivity index (χ1n) is 12.3. The molecule has 0 aliphatic carbocycles. The molecular formula is C28H28ClN5O2. The van der Waals surface area contributed by atoms with E-state index in [1.165, 1.54) is 0 Å². The molecule has 1 aromatic carbocycles. The molecule has 1 amide bonds. The van der Waals surface area contributed by atoms with Crippen LogP contribution in [0.25, 0.3) is 16.9 Å². The zero-order chi connectivity index (χ0) is 24.8. The van der Waals surface area contributed by atoms with Gasteiger partial charge in [0.2, 0.25) is 5.88 Å². The number of benzene rings is 1. The van der Waals surface area contributed by atoms with E-state index in [1.54, 1.807) is 13.2 Å². The van der Waals surface area contributed by atoms with Crippen molar-refractivity contribution in [3.05, 3.63) is 82.8 Å². The summed E-state index contributed by atoms with van der Waals surface area (Å²) in [4.78, 5) is 27.5. The van der Waals surface area contributed by atoms with Gasteiger partial charge in [0, 0.05) is 54.6 Å². The molecule has 3 fully saturated rings. The number of hydrogen-bond donors (Lipinski definition) is 0. The molecule has 3 aliphatic heterocycles. The van der Waals surface area contributed by atoms with Crippen LogP contribution in [0.1, 0.15) is 34.6 Å². The van der Waals surface area contributed by atoms with E-state index in [0.717, 1.165) is 54.1 Å². The number of imidazole rings is 1. The van der Waals surface area contributed by atoms with Gasteiger partial charge in [0.05, 0.1) is 18.5 Å². The second-order valence-electron chi connectivity index (χ2n) is 9.63. The lowest BCUT2D eigenvalue weighted by molar-refractivity contribution is -0.0163. The Morgan fingerprint density at radius 1 is 1.03 bits per heavy atom. The fourth-order valence-corrected chi connectivity index (χ4v) is 5.69. The zero-order valence-corrected chi connectivity index (χ0v) is 21.2. The lowest BCUT2D eigenvalue weighted by atomic mass is 9.90. The molecule has 0 saturated carbocycles. The number of carbonyl (C=O) groups is 1. The Bertz CT molecular complexity index is 1430. The number of pyridine rings is 2. The number of piperidine rings is 2. The average molecular weight is 502 g/mol. The minimum Gasteiger partial charge on any atom is -0.481 e. The molecule has 0 radical (unpaired) electrons. The highest BCUT2D eigenvalue weighted by Crippen LogP contribution is 2.34. The Labute approximate surface area is 215 Å². The number of rotatable bonds is 5. The number of aromatic nitrogens is 3. The first kappa shape index (κ1) is 23.0. The van der Waals surface area contributed by atoms with E-state index < -0.39 is 0 Å². The molecule has 184 valence electrons. The van der Waals surface area contributed by atoms with Gasteiger partial charge in [0.25, 0.3) is 5.91 Å².